The smallest absolute Gasteiger partial charge is 0.273 e. The van der Waals surface area contributed by atoms with Gasteiger partial charge in [-0.15, -0.1) is 0 Å². The van der Waals surface area contributed by atoms with E-state index in [9.17, 15) is 22.0 Å². The SMILES string of the molecule is CCn1nc(C(=O)NCC2CCC(S(C)(=O)=O)CC2)c(Cl)c1-c1cnc(N[C@@H]2CCCCC2(F)F)cc1OC. The van der Waals surface area contributed by atoms with E-state index in [4.69, 9.17) is 16.3 Å². The predicted molar refractivity (Wildman–Crippen MR) is 146 cm³/mol. The quantitative estimate of drug-likeness (QED) is 0.426. The van der Waals surface area contributed by atoms with Gasteiger partial charge in [-0.05, 0) is 51.4 Å². The lowest BCUT2D eigenvalue weighted by Gasteiger charge is -2.32. The summed E-state index contributed by atoms with van der Waals surface area (Å²) in [6.45, 7) is 2.67. The van der Waals surface area contributed by atoms with Crippen molar-refractivity contribution in [2.75, 3.05) is 25.2 Å². The van der Waals surface area contributed by atoms with Gasteiger partial charge in [0.25, 0.3) is 11.8 Å². The van der Waals surface area contributed by atoms with E-state index in [1.807, 2.05) is 6.92 Å². The van der Waals surface area contributed by atoms with Crippen molar-refractivity contribution in [1.82, 2.24) is 20.1 Å². The molecule has 13 heteroatoms. The molecule has 216 valence electrons. The topological polar surface area (TPSA) is 115 Å². The zero-order valence-electron chi connectivity index (χ0n) is 22.5. The van der Waals surface area contributed by atoms with Crippen molar-refractivity contribution >= 4 is 33.2 Å². The second-order valence-corrected chi connectivity index (χ2v) is 13.2. The van der Waals surface area contributed by atoms with Gasteiger partial charge >= 0.3 is 0 Å². The molecule has 2 fully saturated rings. The van der Waals surface area contributed by atoms with Crippen molar-refractivity contribution in [3.8, 4) is 17.0 Å². The van der Waals surface area contributed by atoms with Crippen molar-refractivity contribution < 1.29 is 26.7 Å². The van der Waals surface area contributed by atoms with Crippen molar-refractivity contribution in [2.45, 2.75) is 82.0 Å². The molecule has 2 aliphatic rings. The molecular weight excluding hydrogens is 552 g/mol. The van der Waals surface area contributed by atoms with Crippen LogP contribution in [0.3, 0.4) is 0 Å². The second-order valence-electron chi connectivity index (χ2n) is 10.5. The number of sulfone groups is 1. The summed E-state index contributed by atoms with van der Waals surface area (Å²) in [4.78, 5) is 17.4. The molecule has 0 radical (unpaired) electrons. The molecule has 2 saturated carbocycles. The predicted octanol–water partition coefficient (Wildman–Crippen LogP) is 4.95. The van der Waals surface area contributed by atoms with Gasteiger partial charge in [-0.3, -0.25) is 9.48 Å². The summed E-state index contributed by atoms with van der Waals surface area (Å²) >= 11 is 6.68. The normalized spacial score (nSPS) is 23.3. The monoisotopic (exact) mass is 587 g/mol. The third kappa shape index (κ3) is 6.65. The van der Waals surface area contributed by atoms with E-state index in [0.717, 1.165) is 19.3 Å². The van der Waals surface area contributed by atoms with E-state index in [1.165, 1.54) is 19.6 Å². The number of hydrogen-bond acceptors (Lipinski definition) is 7. The minimum absolute atomic E-state index is 0.0597. The number of halogens is 3. The molecule has 2 aliphatic carbocycles. The lowest BCUT2D eigenvalue weighted by atomic mass is 9.89. The number of aromatic nitrogens is 3. The Morgan fingerprint density at radius 1 is 1.23 bits per heavy atom. The van der Waals surface area contributed by atoms with Crippen molar-refractivity contribution in [3.05, 3.63) is 23.0 Å². The number of ether oxygens (including phenoxy) is 1. The maximum atomic E-state index is 14.3. The zero-order chi connectivity index (χ0) is 28.4. The maximum absolute atomic E-state index is 14.3. The highest BCUT2D eigenvalue weighted by molar-refractivity contribution is 7.91. The first kappa shape index (κ1) is 29.5. The molecule has 0 saturated heterocycles. The van der Waals surface area contributed by atoms with Gasteiger partial charge < -0.3 is 15.4 Å². The van der Waals surface area contributed by atoms with Crippen LogP contribution in [0, 0.1) is 5.92 Å². The number of carbonyl (C=O) groups is 1. The number of pyridine rings is 1. The summed E-state index contributed by atoms with van der Waals surface area (Å²) in [5.74, 6) is -2.43. The van der Waals surface area contributed by atoms with Crippen LogP contribution in [-0.4, -0.2) is 66.2 Å². The van der Waals surface area contributed by atoms with Gasteiger partial charge in [0, 0.05) is 38.0 Å². The zero-order valence-corrected chi connectivity index (χ0v) is 24.0. The molecule has 1 amide bonds. The Morgan fingerprint density at radius 3 is 2.56 bits per heavy atom. The third-order valence-electron chi connectivity index (χ3n) is 7.79. The minimum atomic E-state index is -3.05. The number of hydrogen-bond donors (Lipinski definition) is 2. The van der Waals surface area contributed by atoms with Crippen LogP contribution in [0.25, 0.3) is 11.3 Å². The van der Waals surface area contributed by atoms with E-state index >= 15 is 0 Å². The second kappa shape index (κ2) is 12.0. The van der Waals surface area contributed by atoms with Crippen LogP contribution >= 0.6 is 11.6 Å². The van der Waals surface area contributed by atoms with Crippen LogP contribution in [0.5, 0.6) is 5.75 Å². The fourth-order valence-electron chi connectivity index (χ4n) is 5.47. The van der Waals surface area contributed by atoms with Gasteiger partial charge in [-0.25, -0.2) is 22.2 Å². The Kier molecular flexibility index (Phi) is 9.05. The lowest BCUT2D eigenvalue weighted by Crippen LogP contribution is -2.42. The van der Waals surface area contributed by atoms with Crippen molar-refractivity contribution in [2.24, 2.45) is 5.92 Å². The average molecular weight is 588 g/mol. The first-order chi connectivity index (χ1) is 18.4. The molecule has 0 bridgehead atoms. The number of nitrogens with one attached hydrogen (secondary N) is 2. The van der Waals surface area contributed by atoms with E-state index in [2.05, 4.69) is 20.7 Å². The number of methoxy groups -OCH3 is 1. The maximum Gasteiger partial charge on any atom is 0.273 e. The first-order valence-corrected chi connectivity index (χ1v) is 15.7. The van der Waals surface area contributed by atoms with Crippen LogP contribution in [0.2, 0.25) is 5.02 Å². The first-order valence-electron chi connectivity index (χ1n) is 13.4. The highest BCUT2D eigenvalue weighted by atomic mass is 35.5. The molecule has 9 nitrogen and oxygen atoms in total. The number of amides is 1. The molecule has 0 aliphatic heterocycles. The summed E-state index contributed by atoms with van der Waals surface area (Å²) in [6.07, 6.45) is 6.79. The lowest BCUT2D eigenvalue weighted by molar-refractivity contribution is -0.0449. The molecule has 0 unspecified atom stereocenters. The van der Waals surface area contributed by atoms with Crippen LogP contribution in [0.15, 0.2) is 12.3 Å². The van der Waals surface area contributed by atoms with Gasteiger partial charge in [0.2, 0.25) is 0 Å². The highest BCUT2D eigenvalue weighted by Gasteiger charge is 2.41. The Labute approximate surface area is 233 Å². The molecule has 0 aromatic carbocycles. The molecule has 4 rings (SSSR count). The fourth-order valence-corrected chi connectivity index (χ4v) is 6.92. The van der Waals surface area contributed by atoms with Crippen LogP contribution in [-0.2, 0) is 16.4 Å². The number of rotatable bonds is 9. The number of carbonyl (C=O) groups excluding carboxylic acids is 1. The molecule has 0 spiro atoms. The Hall–Kier alpha value is -2.47. The molecule has 39 heavy (non-hydrogen) atoms. The summed E-state index contributed by atoms with van der Waals surface area (Å²) in [5.41, 5.74) is 0.984. The molecular formula is C26H36ClF2N5O4S. The van der Waals surface area contributed by atoms with E-state index in [1.54, 1.807) is 10.7 Å². The number of nitrogens with zero attached hydrogens (tertiary/aromatic N) is 3. The van der Waals surface area contributed by atoms with Crippen LogP contribution < -0.4 is 15.4 Å². The van der Waals surface area contributed by atoms with E-state index in [0.29, 0.717) is 55.8 Å². The number of aryl methyl sites for hydroxylation is 1. The molecule has 2 aromatic heterocycles. The van der Waals surface area contributed by atoms with Crippen LogP contribution in [0.1, 0.15) is 68.8 Å². The Morgan fingerprint density at radius 2 is 1.95 bits per heavy atom. The van der Waals surface area contributed by atoms with Gasteiger partial charge in [0.15, 0.2) is 5.69 Å². The van der Waals surface area contributed by atoms with E-state index < -0.39 is 27.7 Å². The van der Waals surface area contributed by atoms with Gasteiger partial charge in [-0.1, -0.05) is 18.0 Å². The molecule has 2 aromatic rings. The summed E-state index contributed by atoms with van der Waals surface area (Å²) in [7, 11) is -1.59. The largest absolute Gasteiger partial charge is 0.496 e. The molecule has 1 atom stereocenters. The standard InChI is InChI=1S/C26H36ClF2N5O4S/c1-4-34-24(18-15-30-21(13-19(18)38-2)32-20-7-5-6-12-26(20,28)29)22(27)23(33-34)25(35)31-14-16-8-10-17(11-9-16)39(3,36)37/h13,15-17,20H,4-12,14H2,1-3H3,(H,30,32)(H,31,35)/t16?,17?,20-/m1/s1. The third-order valence-corrected chi connectivity index (χ3v) is 9.83. The summed E-state index contributed by atoms with van der Waals surface area (Å²) in [6, 6.07) is 0.548. The Balaban J connectivity index is 1.49. The number of anilines is 1. The van der Waals surface area contributed by atoms with Crippen molar-refractivity contribution in [3.63, 3.8) is 0 Å². The van der Waals surface area contributed by atoms with Crippen molar-refractivity contribution in [1.29, 1.82) is 0 Å². The van der Waals surface area contributed by atoms with Gasteiger partial charge in [0.1, 0.15) is 21.4 Å². The Bertz CT molecular complexity index is 1300. The number of alkyl halides is 2. The minimum Gasteiger partial charge on any atom is -0.496 e. The highest BCUT2D eigenvalue weighted by Crippen LogP contribution is 2.39. The van der Waals surface area contributed by atoms with Gasteiger partial charge in [0.05, 0.1) is 34.7 Å². The molecule has 2 heterocycles. The summed E-state index contributed by atoms with van der Waals surface area (Å²) in [5, 5.41) is 9.99. The fraction of sp³-hybridized carbons (Fsp3) is 0.654. The summed E-state index contributed by atoms with van der Waals surface area (Å²) < 4.78 is 59.4. The van der Waals surface area contributed by atoms with E-state index in [-0.39, 0.29) is 34.1 Å². The van der Waals surface area contributed by atoms with Crippen LogP contribution in [0.4, 0.5) is 14.6 Å². The molecule has 2 N–H and O–H groups in total. The van der Waals surface area contributed by atoms with Gasteiger partial charge in [-0.2, -0.15) is 5.10 Å². The average Bonchev–Trinajstić information content (AvgIpc) is 3.24.